The summed E-state index contributed by atoms with van der Waals surface area (Å²) in [6, 6.07) is 11.8. The lowest BCUT2D eigenvalue weighted by atomic mass is 10.1. The lowest BCUT2D eigenvalue weighted by Crippen LogP contribution is -2.31. The first-order chi connectivity index (χ1) is 13.3. The van der Waals surface area contributed by atoms with Gasteiger partial charge in [-0.25, -0.2) is 9.71 Å². The Labute approximate surface area is 166 Å². The number of carbonyl (C=O) groups is 2. The summed E-state index contributed by atoms with van der Waals surface area (Å²) in [5, 5.41) is 5.62. The Balaban J connectivity index is 1.64. The van der Waals surface area contributed by atoms with Gasteiger partial charge in [-0.2, -0.15) is 19.8 Å². The van der Waals surface area contributed by atoms with Gasteiger partial charge in [0, 0.05) is 18.1 Å². The molecule has 3 aromatic rings. The molecule has 1 aromatic carbocycles. The van der Waals surface area contributed by atoms with Crippen molar-refractivity contribution in [3.8, 4) is 0 Å². The van der Waals surface area contributed by atoms with Crippen molar-refractivity contribution >= 4 is 33.2 Å². The van der Waals surface area contributed by atoms with E-state index in [0.29, 0.717) is 6.54 Å². The Morgan fingerprint density at radius 1 is 1.00 bits per heavy atom. The molecule has 0 saturated carbocycles. The fourth-order valence-electron chi connectivity index (χ4n) is 2.29. The maximum absolute atomic E-state index is 12.3. The number of aromatic nitrogens is 1. The van der Waals surface area contributed by atoms with E-state index in [1.807, 2.05) is 35.9 Å². The van der Waals surface area contributed by atoms with Gasteiger partial charge in [0.15, 0.2) is 5.03 Å². The normalized spacial score (nSPS) is 11.0. The van der Waals surface area contributed by atoms with E-state index in [4.69, 9.17) is 0 Å². The summed E-state index contributed by atoms with van der Waals surface area (Å²) < 4.78 is 26.5. The molecule has 0 atom stereocenters. The van der Waals surface area contributed by atoms with Crippen molar-refractivity contribution in [2.24, 2.45) is 0 Å². The van der Waals surface area contributed by atoms with Crippen molar-refractivity contribution < 1.29 is 18.0 Å². The fraction of sp³-hybridized carbons (Fsp3) is 0.105. The van der Waals surface area contributed by atoms with Crippen LogP contribution in [0.5, 0.6) is 0 Å². The predicted molar refractivity (Wildman–Crippen MR) is 106 cm³/mol. The summed E-state index contributed by atoms with van der Waals surface area (Å²) in [5.74, 6) is -1.11. The highest BCUT2D eigenvalue weighted by Gasteiger charge is 2.20. The molecule has 0 aliphatic rings. The Bertz CT molecular complexity index is 1080. The van der Waals surface area contributed by atoms with Crippen LogP contribution in [0.3, 0.4) is 0 Å². The van der Waals surface area contributed by atoms with Crippen LogP contribution >= 0.6 is 11.3 Å². The summed E-state index contributed by atoms with van der Waals surface area (Å²) >= 11 is 1.28. The van der Waals surface area contributed by atoms with Crippen molar-refractivity contribution in [2.45, 2.75) is 18.5 Å². The SMILES string of the molecule is Cc1ccc(CNC(=O)c2ccc(S(=O)(=O)NC(=O)c3ccsc3)nc2)cc1. The van der Waals surface area contributed by atoms with Crippen molar-refractivity contribution in [3.05, 3.63) is 81.7 Å². The van der Waals surface area contributed by atoms with Crippen LogP contribution in [0.25, 0.3) is 0 Å². The molecule has 0 saturated heterocycles. The van der Waals surface area contributed by atoms with Crippen LogP contribution in [0.2, 0.25) is 0 Å². The second kappa shape index (κ2) is 8.32. The van der Waals surface area contributed by atoms with Crippen LogP contribution < -0.4 is 10.0 Å². The lowest BCUT2D eigenvalue weighted by Gasteiger charge is -2.08. The molecule has 0 unspecified atom stereocenters. The molecular formula is C19H17N3O4S2. The molecule has 2 amide bonds. The van der Waals surface area contributed by atoms with Crippen LogP contribution in [0.4, 0.5) is 0 Å². The second-order valence-corrected chi connectivity index (χ2v) is 8.41. The number of benzene rings is 1. The van der Waals surface area contributed by atoms with Gasteiger partial charge in [0.25, 0.3) is 21.8 Å². The number of nitrogens with zero attached hydrogens (tertiary/aromatic N) is 1. The average molecular weight is 415 g/mol. The molecule has 0 bridgehead atoms. The van der Waals surface area contributed by atoms with Gasteiger partial charge in [-0.05, 0) is 36.1 Å². The van der Waals surface area contributed by atoms with E-state index in [2.05, 4.69) is 10.3 Å². The Morgan fingerprint density at radius 3 is 2.36 bits per heavy atom. The number of hydrogen-bond donors (Lipinski definition) is 2. The van der Waals surface area contributed by atoms with Gasteiger partial charge in [-0.1, -0.05) is 29.8 Å². The number of amides is 2. The number of carbonyl (C=O) groups excluding carboxylic acids is 2. The first-order valence-electron chi connectivity index (χ1n) is 8.24. The highest BCUT2D eigenvalue weighted by molar-refractivity contribution is 7.90. The van der Waals surface area contributed by atoms with Crippen LogP contribution in [0.1, 0.15) is 31.8 Å². The zero-order chi connectivity index (χ0) is 20.1. The van der Waals surface area contributed by atoms with Crippen LogP contribution in [0, 0.1) is 6.92 Å². The number of nitrogens with one attached hydrogen (secondary N) is 2. The maximum atomic E-state index is 12.3. The smallest absolute Gasteiger partial charge is 0.281 e. The summed E-state index contributed by atoms with van der Waals surface area (Å²) in [6.45, 7) is 2.32. The van der Waals surface area contributed by atoms with Gasteiger partial charge in [-0.3, -0.25) is 9.59 Å². The van der Waals surface area contributed by atoms with Gasteiger partial charge < -0.3 is 5.32 Å². The van der Waals surface area contributed by atoms with Gasteiger partial charge in [0.05, 0.1) is 11.1 Å². The first kappa shape index (κ1) is 19.7. The highest BCUT2D eigenvalue weighted by Crippen LogP contribution is 2.10. The minimum absolute atomic E-state index is 0.218. The molecule has 0 radical (unpaired) electrons. The third-order valence-electron chi connectivity index (χ3n) is 3.86. The number of sulfonamides is 1. The standard InChI is InChI=1S/C19H17N3O4S2/c1-13-2-4-14(5-3-13)10-21-18(23)15-6-7-17(20-11-15)28(25,26)22-19(24)16-8-9-27-12-16/h2-9,11-12H,10H2,1H3,(H,21,23)(H,22,24). The zero-order valence-electron chi connectivity index (χ0n) is 14.9. The predicted octanol–water partition coefficient (Wildman–Crippen LogP) is 2.50. The van der Waals surface area contributed by atoms with Crippen molar-refractivity contribution in [3.63, 3.8) is 0 Å². The second-order valence-electron chi connectivity index (χ2n) is 6.00. The van der Waals surface area contributed by atoms with E-state index < -0.39 is 15.9 Å². The van der Waals surface area contributed by atoms with Crippen LogP contribution in [-0.2, 0) is 16.6 Å². The summed E-state index contributed by atoms with van der Waals surface area (Å²) in [4.78, 5) is 28.0. The van der Waals surface area contributed by atoms with E-state index >= 15 is 0 Å². The van der Waals surface area contributed by atoms with E-state index in [1.165, 1.54) is 29.5 Å². The quantitative estimate of drug-likeness (QED) is 0.644. The molecule has 144 valence electrons. The average Bonchev–Trinajstić information content (AvgIpc) is 3.22. The van der Waals surface area contributed by atoms with E-state index in [0.717, 1.165) is 17.3 Å². The Kier molecular flexibility index (Phi) is 5.86. The minimum Gasteiger partial charge on any atom is -0.348 e. The number of rotatable bonds is 6. The molecular weight excluding hydrogens is 398 g/mol. The zero-order valence-corrected chi connectivity index (χ0v) is 16.5. The number of thiophene rings is 1. The number of hydrogen-bond acceptors (Lipinski definition) is 6. The van der Waals surface area contributed by atoms with Crippen molar-refractivity contribution in [1.82, 2.24) is 15.0 Å². The Hall–Kier alpha value is -3.04. The molecule has 0 aliphatic carbocycles. The van der Waals surface area contributed by atoms with Gasteiger partial charge in [0.1, 0.15) is 0 Å². The van der Waals surface area contributed by atoms with Crippen LogP contribution in [0.15, 0.2) is 64.4 Å². The monoisotopic (exact) mass is 415 g/mol. The molecule has 2 heterocycles. The molecule has 2 N–H and O–H groups in total. The van der Waals surface area contributed by atoms with Gasteiger partial charge in [0.2, 0.25) is 0 Å². The molecule has 0 fully saturated rings. The maximum Gasteiger partial charge on any atom is 0.281 e. The topological polar surface area (TPSA) is 105 Å². The molecule has 0 spiro atoms. The molecule has 0 aliphatic heterocycles. The molecule has 7 nitrogen and oxygen atoms in total. The van der Waals surface area contributed by atoms with E-state index in [1.54, 1.807) is 10.8 Å². The third kappa shape index (κ3) is 4.81. The van der Waals surface area contributed by atoms with Gasteiger partial charge >= 0.3 is 0 Å². The lowest BCUT2D eigenvalue weighted by molar-refractivity contribution is 0.0948. The minimum atomic E-state index is -4.13. The van der Waals surface area contributed by atoms with Crippen molar-refractivity contribution in [2.75, 3.05) is 0 Å². The number of aryl methyl sites for hydroxylation is 1. The van der Waals surface area contributed by atoms with E-state index in [9.17, 15) is 18.0 Å². The summed E-state index contributed by atoms with van der Waals surface area (Å²) in [5.41, 5.74) is 2.54. The summed E-state index contributed by atoms with van der Waals surface area (Å²) in [6.07, 6.45) is 1.16. The number of pyridine rings is 1. The third-order valence-corrected chi connectivity index (χ3v) is 5.79. The molecule has 9 heteroatoms. The van der Waals surface area contributed by atoms with Crippen LogP contribution in [-0.4, -0.2) is 25.2 Å². The molecule has 3 rings (SSSR count). The van der Waals surface area contributed by atoms with E-state index in [-0.39, 0.29) is 22.1 Å². The summed E-state index contributed by atoms with van der Waals surface area (Å²) in [7, 11) is -4.13. The molecule has 28 heavy (non-hydrogen) atoms. The fourth-order valence-corrected chi connectivity index (χ4v) is 3.83. The van der Waals surface area contributed by atoms with Crippen molar-refractivity contribution in [1.29, 1.82) is 0 Å². The highest BCUT2D eigenvalue weighted by atomic mass is 32.2. The Morgan fingerprint density at radius 2 is 1.75 bits per heavy atom. The largest absolute Gasteiger partial charge is 0.348 e. The molecule has 2 aromatic heterocycles. The first-order valence-corrected chi connectivity index (χ1v) is 10.7. The van der Waals surface area contributed by atoms with Gasteiger partial charge in [-0.15, -0.1) is 0 Å².